The summed E-state index contributed by atoms with van der Waals surface area (Å²) in [7, 11) is 0. The second-order valence-corrected chi connectivity index (χ2v) is 6.51. The van der Waals surface area contributed by atoms with Gasteiger partial charge in [0, 0.05) is 43.8 Å². The summed E-state index contributed by atoms with van der Waals surface area (Å²) in [6.07, 6.45) is 4.93. The Morgan fingerprint density at radius 1 is 1.09 bits per heavy atom. The van der Waals surface area contributed by atoms with Gasteiger partial charge >= 0.3 is 0 Å². The topological polar surface area (TPSA) is 28.2 Å². The minimum Gasteiger partial charge on any atom is -0.369 e. The highest BCUT2D eigenvalue weighted by molar-refractivity contribution is 5.65. The van der Waals surface area contributed by atoms with Gasteiger partial charge in [0.1, 0.15) is 0 Å². The molecule has 1 unspecified atom stereocenters. The van der Waals surface area contributed by atoms with Crippen molar-refractivity contribution in [1.82, 2.24) is 10.3 Å². The fourth-order valence-corrected chi connectivity index (χ4v) is 3.20. The van der Waals surface area contributed by atoms with Crippen molar-refractivity contribution in [3.63, 3.8) is 0 Å². The Bertz CT molecular complexity index is 577. The van der Waals surface area contributed by atoms with Gasteiger partial charge in [-0.05, 0) is 47.7 Å². The monoisotopic (exact) mass is 295 g/mol. The van der Waals surface area contributed by atoms with E-state index in [9.17, 15) is 0 Å². The maximum absolute atomic E-state index is 4.08. The number of nitrogens with one attached hydrogen (secondary N) is 1. The lowest BCUT2D eigenvalue weighted by Crippen LogP contribution is -2.51. The van der Waals surface area contributed by atoms with E-state index in [4.69, 9.17) is 0 Å². The van der Waals surface area contributed by atoms with E-state index in [0.29, 0.717) is 6.04 Å². The number of pyridine rings is 1. The summed E-state index contributed by atoms with van der Waals surface area (Å²) in [5.74, 6) is 0.742. The molecule has 0 bridgehead atoms. The first kappa shape index (κ1) is 15.0. The zero-order valence-electron chi connectivity index (χ0n) is 13.5. The minimum absolute atomic E-state index is 0.605. The number of aromatic nitrogens is 1. The van der Waals surface area contributed by atoms with Crippen LogP contribution in [0.4, 0.5) is 5.69 Å². The van der Waals surface area contributed by atoms with Crippen LogP contribution in [0.15, 0.2) is 48.8 Å². The summed E-state index contributed by atoms with van der Waals surface area (Å²) in [4.78, 5) is 6.58. The molecule has 1 aliphatic heterocycles. The van der Waals surface area contributed by atoms with E-state index in [1.165, 1.54) is 23.2 Å². The molecule has 116 valence electrons. The van der Waals surface area contributed by atoms with Gasteiger partial charge in [-0.15, -0.1) is 0 Å². The summed E-state index contributed by atoms with van der Waals surface area (Å²) < 4.78 is 0. The van der Waals surface area contributed by atoms with Gasteiger partial charge in [0.15, 0.2) is 0 Å². The number of hydrogen-bond donors (Lipinski definition) is 1. The largest absolute Gasteiger partial charge is 0.369 e. The number of hydrogen-bond acceptors (Lipinski definition) is 3. The highest BCUT2D eigenvalue weighted by atomic mass is 15.2. The van der Waals surface area contributed by atoms with Crippen molar-refractivity contribution >= 4 is 5.69 Å². The molecule has 1 atom stereocenters. The van der Waals surface area contributed by atoms with Crippen molar-refractivity contribution in [3.05, 3.63) is 48.8 Å². The molecule has 1 aromatic carbocycles. The van der Waals surface area contributed by atoms with Gasteiger partial charge in [-0.1, -0.05) is 26.0 Å². The van der Waals surface area contributed by atoms with E-state index < -0.39 is 0 Å². The molecule has 0 aliphatic carbocycles. The van der Waals surface area contributed by atoms with Crippen molar-refractivity contribution in [2.45, 2.75) is 26.3 Å². The van der Waals surface area contributed by atoms with Gasteiger partial charge in [-0.3, -0.25) is 4.98 Å². The predicted molar refractivity (Wildman–Crippen MR) is 93.1 cm³/mol. The predicted octanol–water partition coefficient (Wildman–Crippen LogP) is 3.57. The zero-order chi connectivity index (χ0) is 15.4. The molecular weight excluding hydrogens is 270 g/mol. The average Bonchev–Trinajstić information content (AvgIpc) is 2.55. The normalized spacial score (nSPS) is 18.7. The third kappa shape index (κ3) is 3.66. The SMILES string of the molecule is CC(C)CC1CN(c2ccc(-c3ccncc3)cc2)CCN1. The first-order valence-electron chi connectivity index (χ1n) is 8.21. The van der Waals surface area contributed by atoms with Crippen LogP contribution in [0.25, 0.3) is 11.1 Å². The quantitative estimate of drug-likeness (QED) is 0.934. The molecule has 1 fully saturated rings. The van der Waals surface area contributed by atoms with Crippen LogP contribution in [0.3, 0.4) is 0 Å². The lowest BCUT2D eigenvalue weighted by molar-refractivity contribution is 0.388. The molecule has 1 N–H and O–H groups in total. The van der Waals surface area contributed by atoms with Gasteiger partial charge < -0.3 is 10.2 Å². The Morgan fingerprint density at radius 3 is 2.45 bits per heavy atom. The molecule has 1 aliphatic rings. The molecule has 0 amide bonds. The van der Waals surface area contributed by atoms with Crippen LogP contribution >= 0.6 is 0 Å². The van der Waals surface area contributed by atoms with E-state index in [-0.39, 0.29) is 0 Å². The van der Waals surface area contributed by atoms with Crippen LogP contribution in [-0.4, -0.2) is 30.7 Å². The lowest BCUT2D eigenvalue weighted by atomic mass is 10.0. The summed E-state index contributed by atoms with van der Waals surface area (Å²) in [5.41, 5.74) is 3.80. The third-order valence-corrected chi connectivity index (χ3v) is 4.26. The maximum atomic E-state index is 4.08. The van der Waals surface area contributed by atoms with E-state index in [1.807, 2.05) is 12.4 Å². The van der Waals surface area contributed by atoms with Crippen LogP contribution < -0.4 is 10.2 Å². The van der Waals surface area contributed by atoms with Gasteiger partial charge in [-0.2, -0.15) is 0 Å². The second-order valence-electron chi connectivity index (χ2n) is 6.51. The molecule has 1 aromatic heterocycles. The second kappa shape index (κ2) is 6.93. The molecule has 3 heteroatoms. The number of rotatable bonds is 4. The van der Waals surface area contributed by atoms with Gasteiger partial charge in [0.25, 0.3) is 0 Å². The van der Waals surface area contributed by atoms with Gasteiger partial charge in [-0.25, -0.2) is 0 Å². The fraction of sp³-hybridized carbons (Fsp3) is 0.421. The van der Waals surface area contributed by atoms with Crippen LogP contribution in [0.5, 0.6) is 0 Å². The summed E-state index contributed by atoms with van der Waals surface area (Å²) >= 11 is 0. The van der Waals surface area contributed by atoms with Crippen molar-refractivity contribution in [2.24, 2.45) is 5.92 Å². The Hall–Kier alpha value is -1.87. The molecular formula is C19H25N3. The van der Waals surface area contributed by atoms with E-state index >= 15 is 0 Å². The standard InChI is InChI=1S/C19H25N3/c1-15(2)13-18-14-22(12-11-21-18)19-5-3-16(4-6-19)17-7-9-20-10-8-17/h3-10,15,18,21H,11-14H2,1-2H3. The fourth-order valence-electron chi connectivity index (χ4n) is 3.20. The van der Waals surface area contributed by atoms with Crippen LogP contribution in [0.2, 0.25) is 0 Å². The van der Waals surface area contributed by atoms with E-state index in [0.717, 1.165) is 25.6 Å². The number of benzene rings is 1. The first-order valence-corrected chi connectivity index (χ1v) is 8.21. The highest BCUT2D eigenvalue weighted by Crippen LogP contribution is 2.24. The number of piperazine rings is 1. The van der Waals surface area contributed by atoms with Crippen LogP contribution in [0.1, 0.15) is 20.3 Å². The molecule has 0 spiro atoms. The number of nitrogens with zero attached hydrogens (tertiary/aromatic N) is 2. The minimum atomic E-state index is 0.605. The molecule has 0 saturated carbocycles. The van der Waals surface area contributed by atoms with Crippen LogP contribution in [-0.2, 0) is 0 Å². The Balaban J connectivity index is 1.70. The maximum Gasteiger partial charge on any atom is 0.0367 e. The lowest BCUT2D eigenvalue weighted by Gasteiger charge is -2.36. The van der Waals surface area contributed by atoms with Gasteiger partial charge in [0.05, 0.1) is 0 Å². The van der Waals surface area contributed by atoms with Crippen molar-refractivity contribution in [2.75, 3.05) is 24.5 Å². The summed E-state index contributed by atoms with van der Waals surface area (Å²) in [5, 5.41) is 3.64. The third-order valence-electron chi connectivity index (χ3n) is 4.26. The van der Waals surface area contributed by atoms with E-state index in [1.54, 1.807) is 0 Å². The van der Waals surface area contributed by atoms with Crippen LogP contribution in [0, 0.1) is 5.92 Å². The van der Waals surface area contributed by atoms with Crippen molar-refractivity contribution in [1.29, 1.82) is 0 Å². The Kier molecular flexibility index (Phi) is 4.74. The molecule has 2 heterocycles. The molecule has 3 nitrogen and oxygen atoms in total. The zero-order valence-corrected chi connectivity index (χ0v) is 13.5. The Morgan fingerprint density at radius 2 is 1.77 bits per heavy atom. The average molecular weight is 295 g/mol. The molecule has 1 saturated heterocycles. The summed E-state index contributed by atoms with van der Waals surface area (Å²) in [6.45, 7) is 7.85. The molecule has 2 aromatic rings. The molecule has 3 rings (SSSR count). The number of anilines is 1. The Labute approximate surface area is 133 Å². The van der Waals surface area contributed by atoms with Crippen molar-refractivity contribution in [3.8, 4) is 11.1 Å². The smallest absolute Gasteiger partial charge is 0.0367 e. The van der Waals surface area contributed by atoms with Gasteiger partial charge in [0.2, 0.25) is 0 Å². The highest BCUT2D eigenvalue weighted by Gasteiger charge is 2.20. The van der Waals surface area contributed by atoms with E-state index in [2.05, 4.69) is 65.4 Å². The van der Waals surface area contributed by atoms with Crippen molar-refractivity contribution < 1.29 is 0 Å². The molecule has 0 radical (unpaired) electrons. The summed E-state index contributed by atoms with van der Waals surface area (Å²) in [6, 6.07) is 13.6. The first-order chi connectivity index (χ1) is 10.7. The molecule has 22 heavy (non-hydrogen) atoms.